The van der Waals surface area contributed by atoms with Crippen molar-refractivity contribution in [2.24, 2.45) is 5.92 Å². The number of nitrogens with one attached hydrogen (secondary N) is 1. The Kier molecular flexibility index (Phi) is 5.72. The van der Waals surface area contributed by atoms with Gasteiger partial charge in [0.25, 0.3) is 0 Å². The number of benzene rings is 1. The van der Waals surface area contributed by atoms with Gasteiger partial charge < -0.3 is 14.8 Å². The van der Waals surface area contributed by atoms with Gasteiger partial charge in [-0.15, -0.1) is 0 Å². The molecule has 2 rings (SSSR count). The molecule has 0 heterocycles. The molecule has 0 bridgehead atoms. The van der Waals surface area contributed by atoms with Crippen LogP contribution in [-0.4, -0.2) is 20.8 Å². The SMILES string of the molecule is CCNC(CC1CCCC1)c1c(OC)cccc1OC. The molecule has 1 aromatic carbocycles. The lowest BCUT2D eigenvalue weighted by atomic mass is 9.92. The highest BCUT2D eigenvalue weighted by atomic mass is 16.5. The van der Waals surface area contributed by atoms with E-state index in [2.05, 4.69) is 12.2 Å². The van der Waals surface area contributed by atoms with Gasteiger partial charge in [-0.2, -0.15) is 0 Å². The van der Waals surface area contributed by atoms with E-state index < -0.39 is 0 Å². The van der Waals surface area contributed by atoms with Gasteiger partial charge in [0, 0.05) is 6.04 Å². The zero-order chi connectivity index (χ0) is 14.4. The van der Waals surface area contributed by atoms with Crippen molar-refractivity contribution in [3.8, 4) is 11.5 Å². The van der Waals surface area contributed by atoms with Gasteiger partial charge in [-0.3, -0.25) is 0 Å². The van der Waals surface area contributed by atoms with Gasteiger partial charge in [-0.05, 0) is 31.0 Å². The first-order valence-corrected chi connectivity index (χ1v) is 7.74. The summed E-state index contributed by atoms with van der Waals surface area (Å²) in [5.41, 5.74) is 1.17. The van der Waals surface area contributed by atoms with E-state index in [9.17, 15) is 0 Å². The van der Waals surface area contributed by atoms with Crippen LogP contribution in [0, 0.1) is 5.92 Å². The maximum absolute atomic E-state index is 5.56. The number of hydrogen-bond donors (Lipinski definition) is 1. The summed E-state index contributed by atoms with van der Waals surface area (Å²) in [6.07, 6.45) is 6.66. The first kappa shape index (κ1) is 15.2. The molecule has 3 heteroatoms. The van der Waals surface area contributed by atoms with Crippen LogP contribution in [-0.2, 0) is 0 Å². The molecule has 0 aliphatic heterocycles. The zero-order valence-corrected chi connectivity index (χ0v) is 12.9. The molecule has 1 atom stereocenters. The first-order valence-electron chi connectivity index (χ1n) is 7.74. The third-order valence-corrected chi connectivity index (χ3v) is 4.31. The van der Waals surface area contributed by atoms with Crippen molar-refractivity contribution in [1.82, 2.24) is 5.32 Å². The second kappa shape index (κ2) is 7.53. The molecule has 0 amide bonds. The summed E-state index contributed by atoms with van der Waals surface area (Å²) < 4.78 is 11.1. The Morgan fingerprint density at radius 1 is 1.15 bits per heavy atom. The largest absolute Gasteiger partial charge is 0.496 e. The molecule has 1 fully saturated rings. The molecule has 0 aromatic heterocycles. The van der Waals surface area contributed by atoms with Crippen LogP contribution < -0.4 is 14.8 Å². The molecule has 0 saturated heterocycles. The van der Waals surface area contributed by atoms with E-state index in [1.54, 1.807) is 14.2 Å². The smallest absolute Gasteiger partial charge is 0.127 e. The minimum absolute atomic E-state index is 0.314. The molecule has 1 aromatic rings. The summed E-state index contributed by atoms with van der Waals surface area (Å²) in [5.74, 6) is 2.68. The minimum atomic E-state index is 0.314. The summed E-state index contributed by atoms with van der Waals surface area (Å²) in [6.45, 7) is 3.11. The third-order valence-electron chi connectivity index (χ3n) is 4.31. The second-order valence-electron chi connectivity index (χ2n) is 5.57. The quantitative estimate of drug-likeness (QED) is 0.819. The second-order valence-corrected chi connectivity index (χ2v) is 5.57. The van der Waals surface area contributed by atoms with Gasteiger partial charge in [-0.25, -0.2) is 0 Å². The van der Waals surface area contributed by atoms with Crippen LogP contribution >= 0.6 is 0 Å². The molecule has 1 unspecified atom stereocenters. The lowest BCUT2D eigenvalue weighted by Gasteiger charge is -2.25. The van der Waals surface area contributed by atoms with E-state index in [4.69, 9.17) is 9.47 Å². The standard InChI is InChI=1S/C17H27NO2/c1-4-18-14(12-13-8-5-6-9-13)17-15(19-2)10-7-11-16(17)20-3/h7,10-11,13-14,18H,4-6,8-9,12H2,1-3H3. The third kappa shape index (κ3) is 3.45. The molecule has 1 saturated carbocycles. The van der Waals surface area contributed by atoms with Gasteiger partial charge in [0.05, 0.1) is 19.8 Å². The molecule has 1 N–H and O–H groups in total. The van der Waals surface area contributed by atoms with Crippen molar-refractivity contribution < 1.29 is 9.47 Å². The zero-order valence-electron chi connectivity index (χ0n) is 12.9. The molecule has 1 aliphatic carbocycles. The van der Waals surface area contributed by atoms with Gasteiger partial charge in [-0.1, -0.05) is 38.7 Å². The van der Waals surface area contributed by atoms with E-state index in [1.165, 1.54) is 37.7 Å². The number of methoxy groups -OCH3 is 2. The highest BCUT2D eigenvalue weighted by Crippen LogP contribution is 2.40. The van der Waals surface area contributed by atoms with Crippen LogP contribution in [0.2, 0.25) is 0 Å². The molecular formula is C17H27NO2. The van der Waals surface area contributed by atoms with Crippen LogP contribution in [0.4, 0.5) is 0 Å². The molecule has 0 radical (unpaired) electrons. The molecule has 3 nitrogen and oxygen atoms in total. The summed E-state index contributed by atoms with van der Waals surface area (Å²) in [7, 11) is 3.47. The first-order chi connectivity index (χ1) is 9.80. The Bertz CT molecular complexity index is 391. The fourth-order valence-corrected chi connectivity index (χ4v) is 3.35. The Hall–Kier alpha value is -1.22. The minimum Gasteiger partial charge on any atom is -0.496 e. The topological polar surface area (TPSA) is 30.5 Å². The van der Waals surface area contributed by atoms with Crippen LogP contribution in [0.3, 0.4) is 0 Å². The Morgan fingerprint density at radius 3 is 2.25 bits per heavy atom. The average Bonchev–Trinajstić information content (AvgIpc) is 2.99. The molecule has 20 heavy (non-hydrogen) atoms. The fraction of sp³-hybridized carbons (Fsp3) is 0.647. The van der Waals surface area contributed by atoms with E-state index in [0.29, 0.717) is 6.04 Å². The summed E-state index contributed by atoms with van der Waals surface area (Å²) in [4.78, 5) is 0. The van der Waals surface area contributed by atoms with Gasteiger partial charge in [0.1, 0.15) is 11.5 Å². The Labute approximate surface area is 122 Å². The van der Waals surface area contributed by atoms with E-state index in [0.717, 1.165) is 24.0 Å². The predicted octanol–water partition coefficient (Wildman–Crippen LogP) is 3.93. The predicted molar refractivity (Wildman–Crippen MR) is 82.5 cm³/mol. The summed E-state index contributed by atoms with van der Waals surface area (Å²) in [5, 5.41) is 3.62. The van der Waals surface area contributed by atoms with Crippen molar-refractivity contribution in [3.05, 3.63) is 23.8 Å². The monoisotopic (exact) mass is 277 g/mol. The maximum atomic E-state index is 5.56. The molecular weight excluding hydrogens is 250 g/mol. The van der Waals surface area contributed by atoms with Crippen LogP contribution in [0.25, 0.3) is 0 Å². The molecule has 112 valence electrons. The van der Waals surface area contributed by atoms with Crippen molar-refractivity contribution in [2.75, 3.05) is 20.8 Å². The van der Waals surface area contributed by atoms with Crippen molar-refractivity contribution in [3.63, 3.8) is 0 Å². The van der Waals surface area contributed by atoms with Gasteiger partial charge >= 0.3 is 0 Å². The number of hydrogen-bond acceptors (Lipinski definition) is 3. The Morgan fingerprint density at radius 2 is 1.75 bits per heavy atom. The number of rotatable bonds is 7. The summed E-state index contributed by atoms with van der Waals surface area (Å²) in [6, 6.07) is 6.35. The summed E-state index contributed by atoms with van der Waals surface area (Å²) >= 11 is 0. The van der Waals surface area contributed by atoms with Crippen molar-refractivity contribution >= 4 is 0 Å². The average molecular weight is 277 g/mol. The fourth-order valence-electron chi connectivity index (χ4n) is 3.35. The van der Waals surface area contributed by atoms with Gasteiger partial charge in [0.15, 0.2) is 0 Å². The van der Waals surface area contributed by atoms with E-state index in [1.807, 2.05) is 18.2 Å². The normalized spacial score (nSPS) is 17.1. The van der Waals surface area contributed by atoms with Gasteiger partial charge in [0.2, 0.25) is 0 Å². The van der Waals surface area contributed by atoms with E-state index in [-0.39, 0.29) is 0 Å². The highest BCUT2D eigenvalue weighted by Gasteiger charge is 2.25. The molecule has 1 aliphatic rings. The van der Waals surface area contributed by atoms with E-state index >= 15 is 0 Å². The van der Waals surface area contributed by atoms with Crippen molar-refractivity contribution in [1.29, 1.82) is 0 Å². The highest BCUT2D eigenvalue weighted by molar-refractivity contribution is 5.47. The molecule has 0 spiro atoms. The van der Waals surface area contributed by atoms with Crippen LogP contribution in [0.1, 0.15) is 50.6 Å². The van der Waals surface area contributed by atoms with Crippen molar-refractivity contribution in [2.45, 2.75) is 45.1 Å². The lowest BCUT2D eigenvalue weighted by molar-refractivity contribution is 0.347. The van der Waals surface area contributed by atoms with Crippen LogP contribution in [0.15, 0.2) is 18.2 Å². The maximum Gasteiger partial charge on any atom is 0.127 e. The Balaban J connectivity index is 2.26. The number of ether oxygens (including phenoxy) is 2. The lowest BCUT2D eigenvalue weighted by Crippen LogP contribution is -2.24. The van der Waals surface area contributed by atoms with Crippen LogP contribution in [0.5, 0.6) is 11.5 Å².